The van der Waals surface area contributed by atoms with E-state index in [0.717, 1.165) is 23.3 Å². The Morgan fingerprint density at radius 3 is 2.30 bits per heavy atom. The third-order valence-corrected chi connectivity index (χ3v) is 5.09. The van der Waals surface area contributed by atoms with Crippen molar-refractivity contribution in [2.45, 2.75) is 33.0 Å². The van der Waals surface area contributed by atoms with Gasteiger partial charge in [0.15, 0.2) is 5.82 Å². The molecule has 0 radical (unpaired) electrons. The molecule has 0 saturated heterocycles. The highest BCUT2D eigenvalue weighted by molar-refractivity contribution is 5.91. The quantitative estimate of drug-likeness (QED) is 0.493. The molecule has 3 aromatic rings. The Labute approximate surface area is 189 Å². The minimum Gasteiger partial charge on any atom is -0.366 e. The number of hydrogen-bond donors (Lipinski definition) is 3. The summed E-state index contributed by atoms with van der Waals surface area (Å²) in [6.07, 6.45) is -1.51. The fourth-order valence-corrected chi connectivity index (χ4v) is 3.07. The first-order chi connectivity index (χ1) is 15.6. The molecule has 11 heteroatoms. The van der Waals surface area contributed by atoms with Gasteiger partial charge in [0.25, 0.3) is 5.91 Å². The number of hydrogen-bond acceptors (Lipinski definition) is 7. The predicted octanol–water partition coefficient (Wildman–Crippen LogP) is 3.84. The molecule has 1 atom stereocenters. The van der Waals surface area contributed by atoms with Gasteiger partial charge < -0.3 is 16.0 Å². The summed E-state index contributed by atoms with van der Waals surface area (Å²) in [5, 5.41) is 17.3. The standard InChI is InChI=1S/C22H24F3N7O/c1-12(30-18-11-27-17(10-28-18)21(33)26-4)9-29-20-14(3)13(2)19(31-32-20)15-5-7-16(8-6-15)22(23,24)25/h5-8,10-12H,9H2,1-4H3,(H,26,33)(H,28,30)(H,29,32)/t12-/m1/s1. The van der Waals surface area contributed by atoms with Crippen molar-refractivity contribution in [2.75, 3.05) is 24.2 Å². The number of carbonyl (C=O) groups is 1. The molecule has 0 fully saturated rings. The van der Waals surface area contributed by atoms with Gasteiger partial charge in [0.1, 0.15) is 11.5 Å². The second-order valence-electron chi connectivity index (χ2n) is 7.51. The maximum Gasteiger partial charge on any atom is 0.416 e. The Hall–Kier alpha value is -3.76. The SMILES string of the molecule is CNC(=O)c1cnc(N[C@H](C)CNc2nnc(-c3ccc(C(F)(F)F)cc3)c(C)c2C)cn1. The zero-order valence-electron chi connectivity index (χ0n) is 18.6. The molecule has 1 aromatic carbocycles. The lowest BCUT2D eigenvalue weighted by molar-refractivity contribution is -0.137. The average molecular weight is 459 g/mol. The summed E-state index contributed by atoms with van der Waals surface area (Å²) in [4.78, 5) is 19.8. The number of nitrogens with one attached hydrogen (secondary N) is 3. The second kappa shape index (κ2) is 9.80. The summed E-state index contributed by atoms with van der Waals surface area (Å²) in [6.45, 7) is 6.16. The molecule has 2 heterocycles. The Kier molecular flexibility index (Phi) is 7.10. The Morgan fingerprint density at radius 1 is 1.03 bits per heavy atom. The van der Waals surface area contributed by atoms with Crippen molar-refractivity contribution in [3.8, 4) is 11.3 Å². The number of carbonyl (C=O) groups excluding carboxylic acids is 1. The van der Waals surface area contributed by atoms with Gasteiger partial charge >= 0.3 is 6.18 Å². The summed E-state index contributed by atoms with van der Waals surface area (Å²) in [6, 6.07) is 4.82. The van der Waals surface area contributed by atoms with E-state index in [1.54, 1.807) is 0 Å². The molecule has 0 unspecified atom stereocenters. The van der Waals surface area contributed by atoms with Crippen molar-refractivity contribution in [3.63, 3.8) is 0 Å². The van der Waals surface area contributed by atoms with Crippen LogP contribution in [0.3, 0.4) is 0 Å². The fourth-order valence-electron chi connectivity index (χ4n) is 3.07. The zero-order valence-corrected chi connectivity index (χ0v) is 18.6. The number of aromatic nitrogens is 4. The van der Waals surface area contributed by atoms with E-state index in [9.17, 15) is 18.0 Å². The average Bonchev–Trinajstić information content (AvgIpc) is 2.79. The molecular weight excluding hydrogens is 435 g/mol. The molecule has 2 aromatic heterocycles. The Morgan fingerprint density at radius 2 is 1.73 bits per heavy atom. The number of benzene rings is 1. The number of halogens is 3. The Balaban J connectivity index is 1.65. The van der Waals surface area contributed by atoms with E-state index < -0.39 is 11.7 Å². The van der Waals surface area contributed by atoms with Crippen LogP contribution >= 0.6 is 0 Å². The molecule has 0 bridgehead atoms. The van der Waals surface area contributed by atoms with E-state index in [2.05, 4.69) is 36.1 Å². The van der Waals surface area contributed by atoms with Gasteiger partial charge in [-0.3, -0.25) is 4.79 Å². The van der Waals surface area contributed by atoms with Crippen molar-refractivity contribution in [3.05, 3.63) is 59.0 Å². The first kappa shape index (κ1) is 23.9. The first-order valence-corrected chi connectivity index (χ1v) is 10.2. The van der Waals surface area contributed by atoms with Crippen LogP contribution in [0.2, 0.25) is 0 Å². The maximum atomic E-state index is 12.8. The monoisotopic (exact) mass is 459 g/mol. The molecule has 3 rings (SSSR count). The van der Waals surface area contributed by atoms with E-state index in [-0.39, 0.29) is 17.6 Å². The lowest BCUT2D eigenvalue weighted by Gasteiger charge is -2.17. The molecule has 0 aliphatic heterocycles. The number of rotatable bonds is 7. The third kappa shape index (κ3) is 5.73. The summed E-state index contributed by atoms with van der Waals surface area (Å²) in [5.41, 5.74) is 2.29. The number of nitrogens with zero attached hydrogens (tertiary/aromatic N) is 4. The summed E-state index contributed by atoms with van der Waals surface area (Å²) in [7, 11) is 1.52. The highest BCUT2D eigenvalue weighted by Crippen LogP contribution is 2.32. The second-order valence-corrected chi connectivity index (χ2v) is 7.51. The van der Waals surface area contributed by atoms with Crippen molar-refractivity contribution >= 4 is 17.5 Å². The first-order valence-electron chi connectivity index (χ1n) is 10.2. The van der Waals surface area contributed by atoms with Crippen LogP contribution in [0.5, 0.6) is 0 Å². The smallest absolute Gasteiger partial charge is 0.366 e. The largest absolute Gasteiger partial charge is 0.416 e. The topological polar surface area (TPSA) is 105 Å². The van der Waals surface area contributed by atoms with Crippen LogP contribution in [0.1, 0.15) is 34.1 Å². The Bertz CT molecular complexity index is 1120. The maximum absolute atomic E-state index is 12.8. The van der Waals surface area contributed by atoms with Gasteiger partial charge in [-0.05, 0) is 44.0 Å². The predicted molar refractivity (Wildman–Crippen MR) is 119 cm³/mol. The minimum atomic E-state index is -4.38. The van der Waals surface area contributed by atoms with E-state index in [1.807, 2.05) is 20.8 Å². The summed E-state index contributed by atoms with van der Waals surface area (Å²) >= 11 is 0. The lowest BCUT2D eigenvalue weighted by atomic mass is 10.0. The molecule has 3 N–H and O–H groups in total. The number of anilines is 2. The van der Waals surface area contributed by atoms with Gasteiger partial charge in [-0.15, -0.1) is 10.2 Å². The summed E-state index contributed by atoms with van der Waals surface area (Å²) < 4.78 is 38.4. The lowest BCUT2D eigenvalue weighted by Crippen LogP contribution is -2.26. The molecule has 0 aliphatic rings. The van der Waals surface area contributed by atoms with Crippen molar-refractivity contribution in [2.24, 2.45) is 0 Å². The van der Waals surface area contributed by atoms with Crippen molar-refractivity contribution in [1.29, 1.82) is 0 Å². The van der Waals surface area contributed by atoms with Gasteiger partial charge in [0.05, 0.1) is 23.7 Å². The van der Waals surface area contributed by atoms with E-state index in [0.29, 0.717) is 29.4 Å². The summed E-state index contributed by atoms with van der Waals surface area (Å²) in [5.74, 6) is 0.791. The van der Waals surface area contributed by atoms with Crippen LogP contribution in [0.25, 0.3) is 11.3 Å². The molecule has 1 amide bonds. The normalized spacial score (nSPS) is 12.2. The van der Waals surface area contributed by atoms with Gasteiger partial charge in [-0.25, -0.2) is 9.97 Å². The van der Waals surface area contributed by atoms with Crippen LogP contribution in [0.15, 0.2) is 36.7 Å². The van der Waals surface area contributed by atoms with Crippen molar-refractivity contribution < 1.29 is 18.0 Å². The molecule has 0 saturated carbocycles. The highest BCUT2D eigenvalue weighted by atomic mass is 19.4. The fraction of sp³-hybridized carbons (Fsp3) is 0.318. The van der Waals surface area contributed by atoms with Crippen LogP contribution in [0.4, 0.5) is 24.8 Å². The number of alkyl halides is 3. The van der Waals surface area contributed by atoms with E-state index in [1.165, 1.54) is 31.6 Å². The molecule has 0 spiro atoms. The van der Waals surface area contributed by atoms with Gasteiger partial charge in [-0.1, -0.05) is 12.1 Å². The highest BCUT2D eigenvalue weighted by Gasteiger charge is 2.30. The van der Waals surface area contributed by atoms with Gasteiger partial charge in [0, 0.05) is 25.2 Å². The molecule has 8 nitrogen and oxygen atoms in total. The molecule has 33 heavy (non-hydrogen) atoms. The van der Waals surface area contributed by atoms with Crippen molar-refractivity contribution in [1.82, 2.24) is 25.5 Å². The minimum absolute atomic E-state index is 0.0544. The van der Waals surface area contributed by atoms with Crippen LogP contribution in [0, 0.1) is 13.8 Å². The molecule has 174 valence electrons. The molecular formula is C22H24F3N7O. The van der Waals surface area contributed by atoms with E-state index in [4.69, 9.17) is 0 Å². The van der Waals surface area contributed by atoms with Gasteiger partial charge in [0.2, 0.25) is 0 Å². The van der Waals surface area contributed by atoms with Gasteiger partial charge in [-0.2, -0.15) is 13.2 Å². The van der Waals surface area contributed by atoms with Crippen LogP contribution in [-0.2, 0) is 6.18 Å². The van der Waals surface area contributed by atoms with E-state index >= 15 is 0 Å². The van der Waals surface area contributed by atoms with Crippen LogP contribution in [-0.4, -0.2) is 45.7 Å². The number of amides is 1. The molecule has 0 aliphatic carbocycles. The third-order valence-electron chi connectivity index (χ3n) is 5.09. The van der Waals surface area contributed by atoms with Crippen LogP contribution < -0.4 is 16.0 Å². The zero-order chi connectivity index (χ0) is 24.2.